The minimum atomic E-state index is -3.04. The van der Waals surface area contributed by atoms with E-state index in [1.165, 1.54) is 6.26 Å². The Morgan fingerprint density at radius 1 is 1.25 bits per heavy atom. The molecule has 0 aliphatic rings. The molecule has 1 heterocycles. The molecular formula is C15H15F2NOS. The van der Waals surface area contributed by atoms with Gasteiger partial charge in [-0.3, -0.25) is 5.32 Å². The van der Waals surface area contributed by atoms with Crippen molar-refractivity contribution in [2.75, 3.05) is 6.54 Å². The third-order valence-corrected chi connectivity index (χ3v) is 3.64. The third kappa shape index (κ3) is 3.71. The third-order valence-electron chi connectivity index (χ3n) is 2.63. The van der Waals surface area contributed by atoms with Crippen LogP contribution in [0.2, 0.25) is 0 Å². The molecule has 1 aromatic heterocycles. The predicted molar refractivity (Wildman–Crippen MR) is 76.9 cm³/mol. The van der Waals surface area contributed by atoms with Crippen molar-refractivity contribution in [3.05, 3.63) is 67.1 Å². The first kappa shape index (κ1) is 14.8. The highest BCUT2D eigenvalue weighted by atomic mass is 32.2. The van der Waals surface area contributed by atoms with Crippen LogP contribution >= 0.6 is 11.8 Å². The van der Waals surface area contributed by atoms with Gasteiger partial charge in [0.25, 0.3) is 0 Å². The molecule has 2 nitrogen and oxygen atoms in total. The molecule has 0 radical (unpaired) electrons. The smallest absolute Gasteiger partial charge is 0.320 e. The van der Waals surface area contributed by atoms with E-state index in [4.69, 9.17) is 4.42 Å². The van der Waals surface area contributed by atoms with Gasteiger partial charge in [0.1, 0.15) is 11.8 Å². The Morgan fingerprint density at radius 3 is 2.60 bits per heavy atom. The van der Waals surface area contributed by atoms with Crippen LogP contribution in [0.25, 0.3) is 0 Å². The maximum atomic E-state index is 14.5. The van der Waals surface area contributed by atoms with Gasteiger partial charge in [0.15, 0.2) is 0 Å². The number of halogens is 2. The zero-order chi connectivity index (χ0) is 14.4. The molecule has 5 heteroatoms. The van der Waals surface area contributed by atoms with Gasteiger partial charge in [-0.1, -0.05) is 24.3 Å². The summed E-state index contributed by atoms with van der Waals surface area (Å²) in [5.74, 6) is 0.209. The topological polar surface area (TPSA) is 25.2 Å². The van der Waals surface area contributed by atoms with E-state index in [0.29, 0.717) is 16.7 Å². The fourth-order valence-electron chi connectivity index (χ4n) is 1.75. The molecule has 0 amide bonds. The Kier molecular flexibility index (Phi) is 4.98. The summed E-state index contributed by atoms with van der Waals surface area (Å²) >= 11 is 0.513. The molecule has 1 N–H and O–H groups in total. The number of furan rings is 1. The Morgan fingerprint density at radius 2 is 2.00 bits per heavy atom. The summed E-state index contributed by atoms with van der Waals surface area (Å²) in [4.78, 5) is 0.509. The molecule has 0 bridgehead atoms. The number of hydrogen-bond acceptors (Lipinski definition) is 3. The molecule has 2 rings (SSSR count). The van der Waals surface area contributed by atoms with Gasteiger partial charge in [-0.15, -0.1) is 6.58 Å². The zero-order valence-electron chi connectivity index (χ0n) is 10.8. The fourth-order valence-corrected chi connectivity index (χ4v) is 2.67. The summed E-state index contributed by atoms with van der Waals surface area (Å²) < 4.78 is 34.1. The van der Waals surface area contributed by atoms with Gasteiger partial charge < -0.3 is 4.42 Å². The van der Waals surface area contributed by atoms with E-state index in [1.54, 1.807) is 48.5 Å². The summed E-state index contributed by atoms with van der Waals surface area (Å²) in [5, 5.41) is -0.290. The molecule has 106 valence electrons. The van der Waals surface area contributed by atoms with Gasteiger partial charge in [0, 0.05) is 11.4 Å². The number of nitrogens with one attached hydrogen (secondary N) is 1. The maximum absolute atomic E-state index is 14.5. The van der Waals surface area contributed by atoms with Crippen molar-refractivity contribution < 1.29 is 13.2 Å². The summed E-state index contributed by atoms with van der Waals surface area (Å²) in [6.45, 7) is 3.81. The molecule has 20 heavy (non-hydrogen) atoms. The minimum Gasteiger partial charge on any atom is -0.467 e. The van der Waals surface area contributed by atoms with Crippen LogP contribution in [-0.4, -0.2) is 11.8 Å². The van der Waals surface area contributed by atoms with Crippen molar-refractivity contribution in [1.29, 1.82) is 0 Å². The van der Waals surface area contributed by atoms with Gasteiger partial charge >= 0.3 is 5.25 Å². The maximum Gasteiger partial charge on any atom is 0.320 e. The second-order valence-corrected chi connectivity index (χ2v) is 5.34. The van der Waals surface area contributed by atoms with Crippen molar-refractivity contribution in [3.8, 4) is 0 Å². The molecule has 0 saturated heterocycles. The molecule has 0 fully saturated rings. The van der Waals surface area contributed by atoms with Crippen molar-refractivity contribution >= 4 is 11.8 Å². The van der Waals surface area contributed by atoms with E-state index in [1.807, 2.05) is 0 Å². The van der Waals surface area contributed by atoms with Crippen LogP contribution in [0.15, 0.2) is 70.7 Å². The van der Waals surface area contributed by atoms with Crippen LogP contribution in [0.3, 0.4) is 0 Å². The molecule has 1 atom stereocenters. The summed E-state index contributed by atoms with van der Waals surface area (Å²) in [6.07, 6.45) is 2.93. The number of thioether (sulfide) groups is 1. The van der Waals surface area contributed by atoms with E-state index in [9.17, 15) is 8.78 Å². The standard InChI is InChI=1S/C15H15F2NOS/c1-2-10-18-14(13-9-6-11-19-13)15(16,17)20-12-7-4-3-5-8-12/h2-9,11,14,18H,1,10H2/t14-/m0/s1. The van der Waals surface area contributed by atoms with E-state index >= 15 is 0 Å². The number of rotatable bonds is 7. The SMILES string of the molecule is C=CCN[C@@H](c1ccco1)C(F)(F)Sc1ccccc1. The van der Waals surface area contributed by atoms with Crippen molar-refractivity contribution in [2.24, 2.45) is 0 Å². The summed E-state index contributed by atoms with van der Waals surface area (Å²) in [5.41, 5.74) is 0. The molecule has 1 aromatic carbocycles. The second-order valence-electron chi connectivity index (χ2n) is 4.12. The van der Waals surface area contributed by atoms with Crippen LogP contribution in [-0.2, 0) is 0 Å². The first-order valence-corrected chi connectivity index (χ1v) is 6.94. The van der Waals surface area contributed by atoms with Crippen molar-refractivity contribution in [2.45, 2.75) is 16.2 Å². The van der Waals surface area contributed by atoms with E-state index in [-0.39, 0.29) is 12.3 Å². The number of benzene rings is 1. The highest BCUT2D eigenvalue weighted by Crippen LogP contribution is 2.44. The van der Waals surface area contributed by atoms with Gasteiger partial charge in [-0.2, -0.15) is 8.78 Å². The summed E-state index contributed by atoms with van der Waals surface area (Å²) in [7, 11) is 0. The lowest BCUT2D eigenvalue weighted by Gasteiger charge is -2.25. The monoisotopic (exact) mass is 295 g/mol. The van der Waals surface area contributed by atoms with Gasteiger partial charge in [0.05, 0.1) is 6.26 Å². The highest BCUT2D eigenvalue weighted by Gasteiger charge is 2.43. The van der Waals surface area contributed by atoms with Crippen LogP contribution in [0, 0.1) is 0 Å². The normalized spacial score (nSPS) is 13.1. The van der Waals surface area contributed by atoms with Crippen molar-refractivity contribution in [3.63, 3.8) is 0 Å². The molecule has 0 aliphatic heterocycles. The Hall–Kier alpha value is -1.59. The second kappa shape index (κ2) is 6.72. The van der Waals surface area contributed by atoms with Gasteiger partial charge in [-0.25, -0.2) is 0 Å². The van der Waals surface area contributed by atoms with Crippen LogP contribution in [0.5, 0.6) is 0 Å². The quantitative estimate of drug-likeness (QED) is 0.602. The molecule has 0 spiro atoms. The Bertz CT molecular complexity index is 528. The molecule has 2 aromatic rings. The largest absolute Gasteiger partial charge is 0.467 e. The van der Waals surface area contributed by atoms with Gasteiger partial charge in [-0.05, 0) is 36.0 Å². The zero-order valence-corrected chi connectivity index (χ0v) is 11.6. The lowest BCUT2D eigenvalue weighted by molar-refractivity contribution is 0.0512. The molecule has 0 aliphatic carbocycles. The van der Waals surface area contributed by atoms with Crippen molar-refractivity contribution in [1.82, 2.24) is 5.32 Å². The Balaban J connectivity index is 2.19. The number of hydrogen-bond donors (Lipinski definition) is 1. The molecule has 0 saturated carbocycles. The summed E-state index contributed by atoms with van der Waals surface area (Å²) in [6, 6.07) is 10.5. The van der Waals surface area contributed by atoms with Gasteiger partial charge in [0.2, 0.25) is 0 Å². The van der Waals surface area contributed by atoms with Crippen LogP contribution < -0.4 is 5.32 Å². The molecule has 0 unspecified atom stereocenters. The predicted octanol–water partition coefficient (Wildman–Crippen LogP) is 4.48. The Labute approximate surface area is 120 Å². The lowest BCUT2D eigenvalue weighted by atomic mass is 10.2. The van der Waals surface area contributed by atoms with E-state index in [2.05, 4.69) is 11.9 Å². The fraction of sp³-hybridized carbons (Fsp3) is 0.200. The van der Waals surface area contributed by atoms with E-state index in [0.717, 1.165) is 0 Å². The number of alkyl halides is 2. The average molecular weight is 295 g/mol. The average Bonchev–Trinajstić information content (AvgIpc) is 2.93. The first-order chi connectivity index (χ1) is 9.63. The van der Waals surface area contributed by atoms with Crippen LogP contribution in [0.1, 0.15) is 11.8 Å². The highest BCUT2D eigenvalue weighted by molar-refractivity contribution is 8.00. The first-order valence-electron chi connectivity index (χ1n) is 6.13. The molecular weight excluding hydrogens is 280 g/mol. The van der Waals surface area contributed by atoms with Crippen LogP contribution in [0.4, 0.5) is 8.78 Å². The lowest BCUT2D eigenvalue weighted by Crippen LogP contribution is -2.34. The van der Waals surface area contributed by atoms with E-state index < -0.39 is 11.3 Å². The minimum absolute atomic E-state index is 0.209.